The highest BCUT2D eigenvalue weighted by molar-refractivity contribution is 5.05. The van der Waals surface area contributed by atoms with Crippen LogP contribution >= 0.6 is 0 Å². The minimum atomic E-state index is 0.827. The van der Waals surface area contributed by atoms with Crippen molar-refractivity contribution in [2.24, 2.45) is 5.92 Å². The summed E-state index contributed by atoms with van der Waals surface area (Å²) in [4.78, 5) is 0. The molecule has 0 aliphatic heterocycles. The molecule has 1 aliphatic carbocycles. The van der Waals surface area contributed by atoms with Gasteiger partial charge in [-0.3, -0.25) is 0 Å². The second kappa shape index (κ2) is 5.26. The number of allylic oxidation sites excluding steroid dienone is 2. The largest absolute Gasteiger partial charge is 0.100 e. The molecule has 0 bridgehead atoms. The van der Waals surface area contributed by atoms with Gasteiger partial charge in [-0.15, -0.1) is 6.58 Å². The lowest BCUT2D eigenvalue weighted by Gasteiger charge is -2.23. The summed E-state index contributed by atoms with van der Waals surface area (Å²) >= 11 is 0. The monoisotopic (exact) mass is 178 g/mol. The minimum Gasteiger partial charge on any atom is -0.100 e. The molecule has 0 heterocycles. The molecule has 1 aliphatic rings. The van der Waals surface area contributed by atoms with Gasteiger partial charge >= 0.3 is 0 Å². The van der Waals surface area contributed by atoms with E-state index < -0.39 is 0 Å². The van der Waals surface area contributed by atoms with E-state index in [9.17, 15) is 0 Å². The van der Waals surface area contributed by atoms with Crippen molar-refractivity contribution in [2.45, 2.75) is 51.9 Å². The van der Waals surface area contributed by atoms with Crippen LogP contribution in [0, 0.1) is 5.92 Å². The zero-order valence-electron chi connectivity index (χ0n) is 8.94. The first-order valence-corrected chi connectivity index (χ1v) is 5.52. The zero-order valence-corrected chi connectivity index (χ0v) is 8.94. The Labute approximate surface area is 82.7 Å². The van der Waals surface area contributed by atoms with E-state index in [1.165, 1.54) is 49.7 Å². The van der Waals surface area contributed by atoms with Gasteiger partial charge in [0.2, 0.25) is 0 Å². The van der Waals surface area contributed by atoms with Gasteiger partial charge in [0.1, 0.15) is 0 Å². The first-order chi connectivity index (χ1) is 6.20. The highest BCUT2D eigenvalue weighted by Crippen LogP contribution is 2.31. The summed E-state index contributed by atoms with van der Waals surface area (Å²) < 4.78 is 0. The lowest BCUT2D eigenvalue weighted by molar-refractivity contribution is 0.395. The Morgan fingerprint density at radius 3 is 2.23 bits per heavy atom. The number of hydrogen-bond donors (Lipinski definition) is 0. The first-order valence-electron chi connectivity index (χ1n) is 5.52. The summed E-state index contributed by atoms with van der Waals surface area (Å²) in [6.45, 7) is 10.2. The van der Waals surface area contributed by atoms with Gasteiger partial charge in [-0.2, -0.15) is 0 Å². The highest BCUT2D eigenvalue weighted by atomic mass is 14.2. The Bertz CT molecular complexity index is 182. The summed E-state index contributed by atoms with van der Waals surface area (Å²) in [5, 5.41) is 0. The van der Waals surface area contributed by atoms with E-state index in [2.05, 4.69) is 20.1 Å². The van der Waals surface area contributed by atoms with Gasteiger partial charge in [-0.1, -0.05) is 37.0 Å². The third-order valence-corrected chi connectivity index (χ3v) is 3.06. The fraction of sp³-hybridized carbons (Fsp3) is 0.692. The van der Waals surface area contributed by atoms with Crippen LogP contribution in [0.15, 0.2) is 24.3 Å². The summed E-state index contributed by atoms with van der Waals surface area (Å²) in [6.07, 6.45) is 9.33. The third kappa shape index (κ3) is 3.80. The van der Waals surface area contributed by atoms with Crippen molar-refractivity contribution in [1.82, 2.24) is 0 Å². The van der Waals surface area contributed by atoms with Crippen molar-refractivity contribution in [3.8, 4) is 0 Å². The molecular formula is C13H22. The molecular weight excluding hydrogens is 156 g/mol. The van der Waals surface area contributed by atoms with Crippen molar-refractivity contribution in [3.63, 3.8) is 0 Å². The predicted molar refractivity (Wildman–Crippen MR) is 59.8 cm³/mol. The fourth-order valence-electron chi connectivity index (χ4n) is 2.09. The Morgan fingerprint density at radius 2 is 1.69 bits per heavy atom. The molecule has 74 valence electrons. The molecule has 0 spiro atoms. The van der Waals surface area contributed by atoms with Crippen molar-refractivity contribution in [1.29, 1.82) is 0 Å². The smallest absolute Gasteiger partial charge is 0.0206 e. The standard InChI is InChI=1S/C13H22/c1-11(2)9-10-12(3)13-7-5-4-6-8-13/h13H,1,3-10H2,2H3. The Balaban J connectivity index is 2.25. The van der Waals surface area contributed by atoms with E-state index in [1.54, 1.807) is 0 Å². The van der Waals surface area contributed by atoms with Crippen molar-refractivity contribution < 1.29 is 0 Å². The molecule has 0 heteroatoms. The molecule has 13 heavy (non-hydrogen) atoms. The Morgan fingerprint density at radius 1 is 1.08 bits per heavy atom. The van der Waals surface area contributed by atoms with Gasteiger partial charge < -0.3 is 0 Å². The lowest BCUT2D eigenvalue weighted by Crippen LogP contribution is -2.08. The van der Waals surface area contributed by atoms with E-state index in [0.29, 0.717) is 0 Å². The van der Waals surface area contributed by atoms with E-state index in [0.717, 1.165) is 12.3 Å². The van der Waals surface area contributed by atoms with E-state index in [-0.39, 0.29) is 0 Å². The normalized spacial score (nSPS) is 18.5. The third-order valence-electron chi connectivity index (χ3n) is 3.06. The van der Waals surface area contributed by atoms with Crippen molar-refractivity contribution >= 4 is 0 Å². The molecule has 0 atom stereocenters. The van der Waals surface area contributed by atoms with Gasteiger partial charge in [0, 0.05) is 0 Å². The average Bonchev–Trinajstić information content (AvgIpc) is 2.15. The molecule has 0 nitrogen and oxygen atoms in total. The SMILES string of the molecule is C=C(C)CCC(=C)C1CCCCC1. The number of rotatable bonds is 4. The van der Waals surface area contributed by atoms with Gasteiger partial charge in [-0.05, 0) is 38.5 Å². The molecule has 0 radical (unpaired) electrons. The summed E-state index contributed by atoms with van der Waals surface area (Å²) in [6, 6.07) is 0. The Hall–Kier alpha value is -0.520. The molecule has 0 N–H and O–H groups in total. The Kier molecular flexibility index (Phi) is 4.27. The maximum absolute atomic E-state index is 4.21. The summed E-state index contributed by atoms with van der Waals surface area (Å²) in [5.74, 6) is 0.827. The van der Waals surface area contributed by atoms with Crippen molar-refractivity contribution in [3.05, 3.63) is 24.3 Å². The molecule has 0 aromatic carbocycles. The molecule has 1 rings (SSSR count). The average molecular weight is 178 g/mol. The molecule has 1 fully saturated rings. The van der Waals surface area contributed by atoms with E-state index in [1.807, 2.05) is 0 Å². The van der Waals surface area contributed by atoms with E-state index in [4.69, 9.17) is 0 Å². The number of hydrogen-bond acceptors (Lipinski definition) is 0. The molecule has 1 saturated carbocycles. The van der Waals surface area contributed by atoms with Crippen LogP contribution in [0.1, 0.15) is 51.9 Å². The maximum Gasteiger partial charge on any atom is -0.0206 e. The quantitative estimate of drug-likeness (QED) is 0.557. The zero-order chi connectivity index (χ0) is 9.68. The fourth-order valence-corrected chi connectivity index (χ4v) is 2.09. The second-order valence-corrected chi connectivity index (χ2v) is 4.45. The minimum absolute atomic E-state index is 0.827. The lowest BCUT2D eigenvalue weighted by atomic mass is 9.82. The second-order valence-electron chi connectivity index (χ2n) is 4.45. The van der Waals surface area contributed by atoms with Crippen LogP contribution in [0.3, 0.4) is 0 Å². The van der Waals surface area contributed by atoms with Crippen LogP contribution in [0.25, 0.3) is 0 Å². The van der Waals surface area contributed by atoms with Crippen LogP contribution in [0.5, 0.6) is 0 Å². The van der Waals surface area contributed by atoms with Crippen LogP contribution in [-0.2, 0) is 0 Å². The van der Waals surface area contributed by atoms with Crippen LogP contribution in [0.2, 0.25) is 0 Å². The van der Waals surface area contributed by atoms with Crippen molar-refractivity contribution in [2.75, 3.05) is 0 Å². The van der Waals surface area contributed by atoms with E-state index >= 15 is 0 Å². The maximum atomic E-state index is 4.21. The molecule has 0 amide bonds. The highest BCUT2D eigenvalue weighted by Gasteiger charge is 2.15. The van der Waals surface area contributed by atoms with Gasteiger partial charge in [0.05, 0.1) is 0 Å². The van der Waals surface area contributed by atoms with Gasteiger partial charge in [0.25, 0.3) is 0 Å². The molecule has 0 unspecified atom stereocenters. The van der Waals surface area contributed by atoms with Gasteiger partial charge in [-0.25, -0.2) is 0 Å². The van der Waals surface area contributed by atoms with Gasteiger partial charge in [0.15, 0.2) is 0 Å². The topological polar surface area (TPSA) is 0 Å². The summed E-state index contributed by atoms with van der Waals surface area (Å²) in [5.41, 5.74) is 2.76. The molecule has 0 aromatic rings. The van der Waals surface area contributed by atoms with Crippen LogP contribution in [-0.4, -0.2) is 0 Å². The molecule has 0 aromatic heterocycles. The van der Waals surface area contributed by atoms with Crippen LogP contribution in [0.4, 0.5) is 0 Å². The van der Waals surface area contributed by atoms with Crippen LogP contribution < -0.4 is 0 Å². The molecule has 0 saturated heterocycles. The summed E-state index contributed by atoms with van der Waals surface area (Å²) in [7, 11) is 0. The predicted octanol–water partition coefficient (Wildman–Crippen LogP) is 4.48. The first kappa shape index (κ1) is 10.6.